The van der Waals surface area contributed by atoms with Crippen LogP contribution in [-0.2, 0) is 28.6 Å². The maximum atomic E-state index is 12.9. The van der Waals surface area contributed by atoms with E-state index in [1.807, 2.05) is 0 Å². The fraction of sp³-hybridized carbons (Fsp3) is 0.645. The molecule has 0 spiro atoms. The van der Waals surface area contributed by atoms with Gasteiger partial charge in [-0.05, 0) is 122 Å². The van der Waals surface area contributed by atoms with Gasteiger partial charge < -0.3 is 14.2 Å². The highest BCUT2D eigenvalue weighted by Crippen LogP contribution is 2.16. The topological polar surface area (TPSA) is 78.9 Å². The van der Waals surface area contributed by atoms with Crippen LogP contribution in [0.3, 0.4) is 0 Å². The van der Waals surface area contributed by atoms with Crippen molar-refractivity contribution in [2.45, 2.75) is 303 Å². The Morgan fingerprint density at radius 3 is 0.768 bits per heavy atom. The summed E-state index contributed by atoms with van der Waals surface area (Å²) in [5.41, 5.74) is 0. The molecule has 0 aromatic carbocycles. The maximum absolute atomic E-state index is 12.9. The summed E-state index contributed by atoms with van der Waals surface area (Å²) in [6, 6.07) is 0. The number of unbranched alkanes of at least 4 members (excludes halogenated alkanes) is 25. The fourth-order valence-corrected chi connectivity index (χ4v) is 9.10. The van der Waals surface area contributed by atoms with Crippen molar-refractivity contribution in [1.82, 2.24) is 0 Å². The molecule has 0 amide bonds. The molecule has 0 heterocycles. The van der Waals surface area contributed by atoms with Gasteiger partial charge in [-0.3, -0.25) is 14.4 Å². The average molecular weight is 1130 g/mol. The second kappa shape index (κ2) is 68.8. The molecule has 0 bridgehead atoms. The van der Waals surface area contributed by atoms with Gasteiger partial charge in [0, 0.05) is 19.3 Å². The standard InChI is InChI=1S/C76H124O6/c1-4-7-10-13-16-19-21-23-25-27-29-31-33-35-37-38-40-41-43-45-47-49-51-53-55-57-60-63-66-69-75(78)81-72-73(71-80-74(77)68-65-62-59-18-15-12-9-6-3)82-76(79)70-67-64-61-58-56-54-52-50-48-46-44-42-39-36-34-32-30-28-26-24-22-20-17-14-11-8-5-2/h7-8,10-11,16-17,19-20,23-26,29-32,36,39,44,46,50,52,56,58,73H,4-6,9,12-15,18,21-22,27-28,33-35,37-38,40-43,45,47-49,51,53-55,57,59-72H2,1-3H3/b10-7-,11-8-,19-16-,20-17-,25-23-,26-24-,31-29-,32-30-,39-36-,46-44-,52-50-,58-56-. The number of hydrogen-bond donors (Lipinski definition) is 0. The van der Waals surface area contributed by atoms with Crippen molar-refractivity contribution in [3.05, 3.63) is 146 Å². The number of carbonyl (C=O) groups is 3. The first-order chi connectivity index (χ1) is 40.5. The Morgan fingerprint density at radius 1 is 0.256 bits per heavy atom. The molecule has 0 rings (SSSR count). The van der Waals surface area contributed by atoms with E-state index in [0.29, 0.717) is 19.3 Å². The quantitative estimate of drug-likeness (QED) is 0.0261. The zero-order chi connectivity index (χ0) is 59.2. The van der Waals surface area contributed by atoms with Crippen molar-refractivity contribution in [1.29, 1.82) is 0 Å². The molecule has 0 aromatic heterocycles. The van der Waals surface area contributed by atoms with Gasteiger partial charge in [-0.15, -0.1) is 0 Å². The molecule has 0 radical (unpaired) electrons. The van der Waals surface area contributed by atoms with Crippen LogP contribution in [0, 0.1) is 0 Å². The Hall–Kier alpha value is -4.71. The number of allylic oxidation sites excluding steroid dienone is 24. The van der Waals surface area contributed by atoms with Gasteiger partial charge in [0.15, 0.2) is 6.10 Å². The van der Waals surface area contributed by atoms with E-state index >= 15 is 0 Å². The molecule has 0 aliphatic heterocycles. The summed E-state index contributed by atoms with van der Waals surface area (Å²) < 4.78 is 16.8. The summed E-state index contributed by atoms with van der Waals surface area (Å²) in [5.74, 6) is -0.943. The van der Waals surface area contributed by atoms with E-state index in [4.69, 9.17) is 14.2 Å². The minimum absolute atomic E-state index is 0.0974. The van der Waals surface area contributed by atoms with Gasteiger partial charge in [0.2, 0.25) is 0 Å². The predicted molar refractivity (Wildman–Crippen MR) is 357 cm³/mol. The van der Waals surface area contributed by atoms with Crippen LogP contribution < -0.4 is 0 Å². The average Bonchev–Trinajstić information content (AvgIpc) is 3.48. The van der Waals surface area contributed by atoms with Gasteiger partial charge in [0.25, 0.3) is 0 Å². The third kappa shape index (κ3) is 66.1. The Balaban J connectivity index is 4.23. The van der Waals surface area contributed by atoms with E-state index in [-0.39, 0.29) is 37.5 Å². The number of rotatable bonds is 60. The summed E-state index contributed by atoms with van der Waals surface area (Å²) in [6.45, 7) is 6.36. The number of hydrogen-bond acceptors (Lipinski definition) is 6. The molecule has 1 unspecified atom stereocenters. The van der Waals surface area contributed by atoms with Crippen LogP contribution in [0.1, 0.15) is 297 Å². The maximum Gasteiger partial charge on any atom is 0.306 e. The molecule has 0 N–H and O–H groups in total. The minimum Gasteiger partial charge on any atom is -0.462 e. The highest BCUT2D eigenvalue weighted by atomic mass is 16.6. The van der Waals surface area contributed by atoms with Crippen molar-refractivity contribution >= 4 is 17.9 Å². The molecular formula is C76H124O6. The molecule has 0 aromatic rings. The van der Waals surface area contributed by atoms with E-state index in [1.165, 1.54) is 122 Å². The third-order valence-corrected chi connectivity index (χ3v) is 14.1. The number of carbonyl (C=O) groups excluding carboxylic acids is 3. The summed E-state index contributed by atoms with van der Waals surface area (Å²) in [6.07, 6.45) is 98.9. The molecule has 1 atom stereocenters. The third-order valence-electron chi connectivity index (χ3n) is 14.1. The van der Waals surface area contributed by atoms with E-state index in [1.54, 1.807) is 0 Å². The summed E-state index contributed by atoms with van der Waals surface area (Å²) in [7, 11) is 0. The lowest BCUT2D eigenvalue weighted by Crippen LogP contribution is -2.30. The van der Waals surface area contributed by atoms with Crippen LogP contribution in [0.5, 0.6) is 0 Å². The highest BCUT2D eigenvalue weighted by Gasteiger charge is 2.19. The van der Waals surface area contributed by atoms with Crippen molar-refractivity contribution in [3.8, 4) is 0 Å². The summed E-state index contributed by atoms with van der Waals surface area (Å²) in [5, 5.41) is 0. The lowest BCUT2D eigenvalue weighted by molar-refractivity contribution is -0.167. The first-order valence-corrected chi connectivity index (χ1v) is 33.8. The first-order valence-electron chi connectivity index (χ1n) is 33.8. The Bertz CT molecular complexity index is 1780. The van der Waals surface area contributed by atoms with Gasteiger partial charge in [0.1, 0.15) is 13.2 Å². The van der Waals surface area contributed by atoms with Gasteiger partial charge >= 0.3 is 17.9 Å². The van der Waals surface area contributed by atoms with Crippen LogP contribution in [-0.4, -0.2) is 37.2 Å². The molecule has 0 aliphatic rings. The largest absolute Gasteiger partial charge is 0.462 e. The molecule has 0 aliphatic carbocycles. The molecule has 82 heavy (non-hydrogen) atoms. The predicted octanol–water partition coefficient (Wildman–Crippen LogP) is 23.5. The van der Waals surface area contributed by atoms with E-state index in [9.17, 15) is 14.4 Å². The smallest absolute Gasteiger partial charge is 0.306 e. The van der Waals surface area contributed by atoms with Gasteiger partial charge in [0.05, 0.1) is 0 Å². The molecule has 0 saturated heterocycles. The lowest BCUT2D eigenvalue weighted by Gasteiger charge is -2.18. The molecule has 6 nitrogen and oxygen atoms in total. The van der Waals surface area contributed by atoms with E-state index < -0.39 is 6.10 Å². The van der Waals surface area contributed by atoms with Crippen LogP contribution in [0.25, 0.3) is 0 Å². The van der Waals surface area contributed by atoms with Gasteiger partial charge in [-0.25, -0.2) is 0 Å². The zero-order valence-corrected chi connectivity index (χ0v) is 53.2. The summed E-state index contributed by atoms with van der Waals surface area (Å²) in [4.78, 5) is 38.2. The second-order valence-electron chi connectivity index (χ2n) is 22.0. The van der Waals surface area contributed by atoms with Crippen LogP contribution in [0.2, 0.25) is 0 Å². The molecule has 0 saturated carbocycles. The second-order valence-corrected chi connectivity index (χ2v) is 22.0. The molecule has 0 fully saturated rings. The van der Waals surface area contributed by atoms with Crippen molar-refractivity contribution in [3.63, 3.8) is 0 Å². The Kier molecular flexibility index (Phi) is 64.8. The highest BCUT2D eigenvalue weighted by molar-refractivity contribution is 5.71. The number of ether oxygens (including phenoxy) is 3. The van der Waals surface area contributed by atoms with Crippen molar-refractivity contribution in [2.75, 3.05) is 13.2 Å². The van der Waals surface area contributed by atoms with E-state index in [0.717, 1.165) is 128 Å². The van der Waals surface area contributed by atoms with Crippen LogP contribution >= 0.6 is 0 Å². The molecule has 464 valence electrons. The first kappa shape index (κ1) is 77.3. The van der Waals surface area contributed by atoms with Crippen LogP contribution in [0.4, 0.5) is 0 Å². The molecule has 6 heteroatoms. The van der Waals surface area contributed by atoms with Gasteiger partial charge in [-0.2, -0.15) is 0 Å². The fourth-order valence-electron chi connectivity index (χ4n) is 9.10. The van der Waals surface area contributed by atoms with E-state index in [2.05, 4.69) is 167 Å². The summed E-state index contributed by atoms with van der Waals surface area (Å²) >= 11 is 0. The Morgan fingerprint density at radius 2 is 0.476 bits per heavy atom. The minimum atomic E-state index is -0.804. The van der Waals surface area contributed by atoms with Gasteiger partial charge in [-0.1, -0.05) is 301 Å². The van der Waals surface area contributed by atoms with Crippen molar-refractivity contribution < 1.29 is 28.6 Å². The van der Waals surface area contributed by atoms with Crippen LogP contribution in [0.15, 0.2) is 146 Å². The molecular weight excluding hydrogens is 1010 g/mol. The normalized spacial score (nSPS) is 13.1. The zero-order valence-electron chi connectivity index (χ0n) is 53.2. The number of esters is 3. The lowest BCUT2D eigenvalue weighted by atomic mass is 10.0. The Labute approximate surface area is 506 Å². The monoisotopic (exact) mass is 1130 g/mol. The van der Waals surface area contributed by atoms with Crippen molar-refractivity contribution in [2.24, 2.45) is 0 Å². The SMILES string of the molecule is CC/C=C\C/C=C\C/C=C\C/C=C\C/C=C\C/C=C\C/C=C\C/C=C\CCCCC(=O)OC(COC(=O)CCCCCCCCCC)COC(=O)CCCCCCCCCCCCCCCCCC/C=C\C/C=C\C/C=C\C/C=C\CC.